The van der Waals surface area contributed by atoms with E-state index in [1.807, 2.05) is 0 Å². The molecule has 2 aromatic heterocycles. The molecule has 14 heavy (non-hydrogen) atoms. The van der Waals surface area contributed by atoms with Crippen LogP contribution < -0.4 is 11.4 Å². The van der Waals surface area contributed by atoms with Gasteiger partial charge >= 0.3 is 5.69 Å². The van der Waals surface area contributed by atoms with Crippen LogP contribution in [0.5, 0.6) is 0 Å². The van der Waals surface area contributed by atoms with E-state index in [0.29, 0.717) is 11.5 Å². The van der Waals surface area contributed by atoms with Gasteiger partial charge in [0.05, 0.1) is 0 Å². The van der Waals surface area contributed by atoms with Gasteiger partial charge in [-0.3, -0.25) is 9.67 Å². The summed E-state index contributed by atoms with van der Waals surface area (Å²) in [6, 6.07) is 1.72. The lowest BCUT2D eigenvalue weighted by atomic mass is 10.4. The first-order valence-corrected chi connectivity index (χ1v) is 3.89. The smallest absolute Gasteiger partial charge is 0.349 e. The molecule has 0 radical (unpaired) electrons. The van der Waals surface area contributed by atoms with Gasteiger partial charge in [0.15, 0.2) is 5.82 Å². The number of nitrogens with zero attached hydrogens (tertiary/aromatic N) is 4. The Hall–Kier alpha value is -2.18. The summed E-state index contributed by atoms with van der Waals surface area (Å²) in [4.78, 5) is 20.7. The van der Waals surface area contributed by atoms with Crippen molar-refractivity contribution in [3.63, 3.8) is 0 Å². The van der Waals surface area contributed by atoms with Crippen LogP contribution in [0.2, 0.25) is 0 Å². The Bertz CT molecular complexity index is 513. The van der Waals surface area contributed by atoms with Crippen molar-refractivity contribution in [3.8, 4) is 11.5 Å². The Morgan fingerprint density at radius 2 is 2.29 bits per heavy atom. The van der Waals surface area contributed by atoms with Gasteiger partial charge in [-0.05, 0) is 6.07 Å². The average molecular weight is 192 g/mol. The third-order valence-electron chi connectivity index (χ3n) is 1.62. The van der Waals surface area contributed by atoms with Crippen LogP contribution in [-0.2, 0) is 7.05 Å². The lowest BCUT2D eigenvalue weighted by Crippen LogP contribution is -2.15. The summed E-state index contributed by atoms with van der Waals surface area (Å²) >= 11 is 0. The molecule has 0 amide bonds. The second-order valence-electron chi connectivity index (χ2n) is 2.74. The molecular formula is C7H8N6O. The summed E-state index contributed by atoms with van der Waals surface area (Å²) in [7, 11) is 1.77. The van der Waals surface area contributed by atoms with Crippen LogP contribution >= 0.6 is 0 Å². The summed E-state index contributed by atoms with van der Waals surface area (Å²) in [5.41, 5.74) is 5.35. The zero-order valence-corrected chi connectivity index (χ0v) is 7.43. The second kappa shape index (κ2) is 2.95. The Morgan fingerprint density at radius 3 is 2.86 bits per heavy atom. The van der Waals surface area contributed by atoms with E-state index >= 15 is 0 Å². The molecule has 0 bridgehead atoms. The van der Waals surface area contributed by atoms with Crippen molar-refractivity contribution < 1.29 is 0 Å². The number of H-pyrrole nitrogens is 1. The van der Waals surface area contributed by atoms with E-state index in [0.717, 1.165) is 0 Å². The topological polar surface area (TPSA) is 102 Å². The molecule has 72 valence electrons. The number of aryl methyl sites for hydroxylation is 1. The second-order valence-corrected chi connectivity index (χ2v) is 2.74. The molecule has 0 saturated heterocycles. The summed E-state index contributed by atoms with van der Waals surface area (Å²) in [5.74, 6) is 0.262. The number of anilines is 1. The number of hydrogen-bond acceptors (Lipinski definition) is 5. The van der Waals surface area contributed by atoms with E-state index in [1.54, 1.807) is 24.0 Å². The third kappa shape index (κ3) is 1.47. The van der Waals surface area contributed by atoms with E-state index in [9.17, 15) is 4.79 Å². The molecule has 0 aliphatic rings. The first-order valence-electron chi connectivity index (χ1n) is 3.89. The first kappa shape index (κ1) is 8.42. The highest BCUT2D eigenvalue weighted by Crippen LogP contribution is 2.08. The van der Waals surface area contributed by atoms with Crippen molar-refractivity contribution in [1.29, 1.82) is 0 Å². The summed E-state index contributed by atoms with van der Waals surface area (Å²) in [6.07, 6.45) is 1.74. The molecule has 0 spiro atoms. The van der Waals surface area contributed by atoms with E-state index in [4.69, 9.17) is 5.73 Å². The normalized spacial score (nSPS) is 10.4. The summed E-state index contributed by atoms with van der Waals surface area (Å²) in [5, 5.41) is 4.06. The highest BCUT2D eigenvalue weighted by atomic mass is 16.1. The van der Waals surface area contributed by atoms with Crippen LogP contribution in [0.1, 0.15) is 0 Å². The van der Waals surface area contributed by atoms with Crippen LogP contribution in [0.4, 0.5) is 5.95 Å². The predicted molar refractivity (Wildman–Crippen MR) is 49.3 cm³/mol. The maximum Gasteiger partial charge on any atom is 0.349 e. The Morgan fingerprint density at radius 1 is 1.50 bits per heavy atom. The van der Waals surface area contributed by atoms with Gasteiger partial charge in [0.1, 0.15) is 5.69 Å². The Balaban J connectivity index is 2.56. The van der Waals surface area contributed by atoms with Crippen LogP contribution in [0.3, 0.4) is 0 Å². The number of aromatic amines is 1. The van der Waals surface area contributed by atoms with Gasteiger partial charge in [-0.15, -0.1) is 0 Å². The van der Waals surface area contributed by atoms with E-state index in [1.165, 1.54) is 0 Å². The SMILES string of the molecule is Cn1ccc(-c2nc(N)nc(=O)[nH]2)n1. The number of nitrogens with two attached hydrogens (primary N) is 1. The molecule has 0 aliphatic heterocycles. The molecule has 0 aromatic carbocycles. The van der Waals surface area contributed by atoms with Crippen molar-refractivity contribution in [2.45, 2.75) is 0 Å². The fraction of sp³-hybridized carbons (Fsp3) is 0.143. The fourth-order valence-electron chi connectivity index (χ4n) is 1.06. The van der Waals surface area contributed by atoms with Gasteiger partial charge < -0.3 is 5.73 Å². The standard InChI is InChI=1S/C7H8N6O/c1-13-3-2-4(12-13)5-9-6(8)11-7(14)10-5/h2-3H,1H3,(H3,8,9,10,11,14). The van der Waals surface area contributed by atoms with Gasteiger partial charge in [-0.25, -0.2) is 4.79 Å². The molecule has 2 aromatic rings. The number of nitrogens with one attached hydrogen (secondary N) is 1. The molecule has 0 aliphatic carbocycles. The largest absolute Gasteiger partial charge is 0.368 e. The molecule has 3 N–H and O–H groups in total. The average Bonchev–Trinajstić information content (AvgIpc) is 2.50. The number of hydrogen-bond donors (Lipinski definition) is 2. The van der Waals surface area contributed by atoms with E-state index in [-0.39, 0.29) is 5.95 Å². The van der Waals surface area contributed by atoms with Gasteiger partial charge in [0.2, 0.25) is 5.95 Å². The fourth-order valence-corrected chi connectivity index (χ4v) is 1.06. The van der Waals surface area contributed by atoms with E-state index < -0.39 is 5.69 Å². The summed E-state index contributed by atoms with van der Waals surface area (Å²) < 4.78 is 1.60. The Labute approximate surface area is 78.6 Å². The lowest BCUT2D eigenvalue weighted by molar-refractivity contribution is 0.767. The molecule has 0 atom stereocenters. The minimum Gasteiger partial charge on any atom is -0.368 e. The first-order chi connectivity index (χ1) is 6.65. The molecule has 7 heteroatoms. The maximum atomic E-state index is 11.0. The minimum absolute atomic E-state index is 0.0607. The highest BCUT2D eigenvalue weighted by Gasteiger charge is 2.05. The molecule has 2 heterocycles. The van der Waals surface area contributed by atoms with Crippen molar-refractivity contribution >= 4 is 5.95 Å². The van der Waals surface area contributed by atoms with Crippen LogP contribution in [0.25, 0.3) is 11.5 Å². The number of nitrogen functional groups attached to an aromatic ring is 1. The van der Waals surface area contributed by atoms with Crippen molar-refractivity contribution in [1.82, 2.24) is 24.7 Å². The van der Waals surface area contributed by atoms with Crippen LogP contribution in [0, 0.1) is 0 Å². The van der Waals surface area contributed by atoms with Crippen molar-refractivity contribution in [2.75, 3.05) is 5.73 Å². The number of aromatic nitrogens is 5. The van der Waals surface area contributed by atoms with Crippen LogP contribution in [-0.4, -0.2) is 24.7 Å². The Kier molecular flexibility index (Phi) is 1.77. The zero-order chi connectivity index (χ0) is 10.1. The van der Waals surface area contributed by atoms with Crippen molar-refractivity contribution in [2.24, 2.45) is 7.05 Å². The molecule has 7 nitrogen and oxygen atoms in total. The van der Waals surface area contributed by atoms with Gasteiger partial charge in [-0.1, -0.05) is 0 Å². The minimum atomic E-state index is -0.529. The maximum absolute atomic E-state index is 11.0. The zero-order valence-electron chi connectivity index (χ0n) is 7.43. The van der Waals surface area contributed by atoms with E-state index in [2.05, 4.69) is 20.1 Å². The van der Waals surface area contributed by atoms with Gasteiger partial charge in [0, 0.05) is 13.2 Å². The highest BCUT2D eigenvalue weighted by molar-refractivity contribution is 5.48. The predicted octanol–water partition coefficient (Wildman–Crippen LogP) is -0.852. The lowest BCUT2D eigenvalue weighted by Gasteiger charge is -1.95. The summed E-state index contributed by atoms with van der Waals surface area (Å²) in [6.45, 7) is 0. The van der Waals surface area contributed by atoms with Crippen LogP contribution in [0.15, 0.2) is 17.1 Å². The quantitative estimate of drug-likeness (QED) is 0.612. The molecule has 0 fully saturated rings. The molecular weight excluding hydrogens is 184 g/mol. The third-order valence-corrected chi connectivity index (χ3v) is 1.62. The monoisotopic (exact) mass is 192 g/mol. The molecule has 0 saturated carbocycles. The molecule has 2 rings (SSSR count). The number of rotatable bonds is 1. The van der Waals surface area contributed by atoms with Crippen molar-refractivity contribution in [3.05, 3.63) is 22.7 Å². The van der Waals surface area contributed by atoms with Gasteiger partial charge in [-0.2, -0.15) is 15.1 Å². The molecule has 0 unspecified atom stereocenters. The van der Waals surface area contributed by atoms with Gasteiger partial charge in [0.25, 0.3) is 0 Å².